The van der Waals surface area contributed by atoms with Crippen LogP contribution in [0.25, 0.3) is 0 Å². The van der Waals surface area contributed by atoms with E-state index in [1.54, 1.807) is 0 Å². The molecule has 1 atom stereocenters. The van der Waals surface area contributed by atoms with Crippen LogP contribution in [0.15, 0.2) is 12.1 Å². The molecule has 0 aliphatic rings. The van der Waals surface area contributed by atoms with Crippen molar-refractivity contribution in [3.63, 3.8) is 0 Å². The van der Waals surface area contributed by atoms with Gasteiger partial charge in [-0.15, -0.1) is 11.3 Å². The minimum atomic E-state index is 0.209. The first-order valence-corrected chi connectivity index (χ1v) is 5.44. The van der Waals surface area contributed by atoms with E-state index in [9.17, 15) is 0 Å². The summed E-state index contributed by atoms with van der Waals surface area (Å²) in [6.07, 6.45) is 2.04. The predicted molar refractivity (Wildman–Crippen MR) is 57.0 cm³/mol. The quantitative estimate of drug-likeness (QED) is 0.756. The van der Waals surface area contributed by atoms with Gasteiger partial charge in [-0.2, -0.15) is 0 Å². The van der Waals surface area contributed by atoms with Gasteiger partial charge in [-0.25, -0.2) is 0 Å². The zero-order valence-electron chi connectivity index (χ0n) is 7.99. The van der Waals surface area contributed by atoms with Crippen molar-refractivity contribution >= 4 is 11.3 Å². The highest BCUT2D eigenvalue weighted by molar-refractivity contribution is 7.11. The van der Waals surface area contributed by atoms with Crippen LogP contribution < -0.4 is 5.73 Å². The summed E-state index contributed by atoms with van der Waals surface area (Å²) in [5.41, 5.74) is 5.50. The summed E-state index contributed by atoms with van der Waals surface area (Å²) >= 11 is 1.83. The smallest absolute Gasteiger partial charge is 0.0471 e. The van der Waals surface area contributed by atoms with Crippen LogP contribution in [0.3, 0.4) is 0 Å². The highest BCUT2D eigenvalue weighted by Crippen LogP contribution is 2.18. The predicted octanol–water partition coefficient (Wildman–Crippen LogP) is 1.56. The van der Waals surface area contributed by atoms with Gasteiger partial charge in [0.15, 0.2) is 0 Å². The minimum absolute atomic E-state index is 0.209. The molecule has 3 N–H and O–H groups in total. The fraction of sp³-hybridized carbons (Fsp3) is 0.600. The Labute approximate surface area is 83.4 Å². The van der Waals surface area contributed by atoms with Crippen LogP contribution in [0.4, 0.5) is 0 Å². The molecule has 0 amide bonds. The van der Waals surface area contributed by atoms with Crippen LogP contribution in [-0.2, 0) is 6.42 Å². The summed E-state index contributed by atoms with van der Waals surface area (Å²) in [5.74, 6) is 0.266. The second-order valence-electron chi connectivity index (χ2n) is 3.34. The van der Waals surface area contributed by atoms with Crippen molar-refractivity contribution in [2.75, 3.05) is 13.2 Å². The van der Waals surface area contributed by atoms with Crippen molar-refractivity contribution in [2.24, 2.45) is 11.7 Å². The van der Waals surface area contributed by atoms with Gasteiger partial charge >= 0.3 is 0 Å². The van der Waals surface area contributed by atoms with Gasteiger partial charge in [0.2, 0.25) is 0 Å². The van der Waals surface area contributed by atoms with E-state index in [1.165, 1.54) is 9.75 Å². The van der Waals surface area contributed by atoms with E-state index in [4.69, 9.17) is 10.8 Å². The molecular formula is C10H17NOS. The number of hydrogen-bond acceptors (Lipinski definition) is 3. The van der Waals surface area contributed by atoms with Crippen LogP contribution in [0.2, 0.25) is 0 Å². The number of aliphatic hydroxyl groups excluding tert-OH is 1. The third-order valence-electron chi connectivity index (χ3n) is 2.19. The van der Waals surface area contributed by atoms with Gasteiger partial charge in [0.1, 0.15) is 0 Å². The van der Waals surface area contributed by atoms with E-state index in [1.807, 2.05) is 11.3 Å². The Kier molecular flexibility index (Phi) is 4.42. The first-order chi connectivity index (χ1) is 6.26. The van der Waals surface area contributed by atoms with Crippen molar-refractivity contribution in [1.82, 2.24) is 0 Å². The third-order valence-corrected chi connectivity index (χ3v) is 3.25. The Balaban J connectivity index is 2.33. The maximum atomic E-state index is 8.93. The standard InChI is InChI=1S/C10H17NOS/c1-8-2-4-10(13-8)5-3-9(6-11)7-12/h2,4,9,12H,3,5-7,11H2,1H3. The summed E-state index contributed by atoms with van der Waals surface area (Å²) in [6, 6.07) is 4.29. The zero-order valence-corrected chi connectivity index (χ0v) is 8.81. The van der Waals surface area contributed by atoms with Gasteiger partial charge < -0.3 is 10.8 Å². The average Bonchev–Trinajstić information content (AvgIpc) is 2.53. The Hall–Kier alpha value is -0.380. The molecule has 0 radical (unpaired) electrons. The molecule has 0 aromatic carbocycles. The highest BCUT2D eigenvalue weighted by atomic mass is 32.1. The van der Waals surface area contributed by atoms with Gasteiger partial charge in [-0.1, -0.05) is 0 Å². The number of aliphatic hydroxyl groups is 1. The SMILES string of the molecule is Cc1ccc(CCC(CN)CO)s1. The van der Waals surface area contributed by atoms with Crippen LogP contribution >= 0.6 is 11.3 Å². The summed E-state index contributed by atoms with van der Waals surface area (Å²) in [6.45, 7) is 2.91. The Morgan fingerprint density at radius 1 is 1.54 bits per heavy atom. The molecule has 0 saturated carbocycles. The molecule has 1 unspecified atom stereocenters. The van der Waals surface area contributed by atoms with Gasteiger partial charge in [-0.05, 0) is 44.4 Å². The second kappa shape index (κ2) is 5.37. The lowest BCUT2D eigenvalue weighted by atomic mass is 10.0. The van der Waals surface area contributed by atoms with Gasteiger partial charge in [0, 0.05) is 16.4 Å². The van der Waals surface area contributed by atoms with Crippen molar-refractivity contribution < 1.29 is 5.11 Å². The topological polar surface area (TPSA) is 46.2 Å². The zero-order chi connectivity index (χ0) is 9.68. The maximum Gasteiger partial charge on any atom is 0.0471 e. The average molecular weight is 199 g/mol. The Bertz CT molecular complexity index is 243. The third kappa shape index (κ3) is 3.46. The molecule has 0 aliphatic heterocycles. The summed E-state index contributed by atoms with van der Waals surface area (Å²) in [5, 5.41) is 8.93. The fourth-order valence-corrected chi connectivity index (χ4v) is 2.16. The van der Waals surface area contributed by atoms with E-state index in [-0.39, 0.29) is 12.5 Å². The monoisotopic (exact) mass is 199 g/mol. The largest absolute Gasteiger partial charge is 0.396 e. The van der Waals surface area contributed by atoms with Gasteiger partial charge in [-0.3, -0.25) is 0 Å². The Morgan fingerprint density at radius 3 is 2.77 bits per heavy atom. The van der Waals surface area contributed by atoms with Crippen molar-refractivity contribution in [3.05, 3.63) is 21.9 Å². The molecule has 1 rings (SSSR count). The molecule has 0 spiro atoms. The number of hydrogen-bond donors (Lipinski definition) is 2. The lowest BCUT2D eigenvalue weighted by Crippen LogP contribution is -2.18. The van der Waals surface area contributed by atoms with Gasteiger partial charge in [0.25, 0.3) is 0 Å². The van der Waals surface area contributed by atoms with E-state index >= 15 is 0 Å². The normalized spacial score (nSPS) is 13.2. The molecular weight excluding hydrogens is 182 g/mol. The molecule has 1 aromatic rings. The van der Waals surface area contributed by atoms with Crippen LogP contribution in [-0.4, -0.2) is 18.3 Å². The lowest BCUT2D eigenvalue weighted by Gasteiger charge is -2.09. The molecule has 0 saturated heterocycles. The van der Waals surface area contributed by atoms with Crippen LogP contribution in [0.5, 0.6) is 0 Å². The highest BCUT2D eigenvalue weighted by Gasteiger charge is 2.05. The Morgan fingerprint density at radius 2 is 2.31 bits per heavy atom. The molecule has 0 aliphatic carbocycles. The van der Waals surface area contributed by atoms with Crippen LogP contribution in [0.1, 0.15) is 16.2 Å². The number of thiophene rings is 1. The number of rotatable bonds is 5. The summed E-state index contributed by atoms with van der Waals surface area (Å²) < 4.78 is 0. The molecule has 1 aromatic heterocycles. The van der Waals surface area contributed by atoms with E-state index < -0.39 is 0 Å². The van der Waals surface area contributed by atoms with E-state index in [0.29, 0.717) is 6.54 Å². The molecule has 0 bridgehead atoms. The van der Waals surface area contributed by atoms with Crippen molar-refractivity contribution in [1.29, 1.82) is 0 Å². The summed E-state index contributed by atoms with van der Waals surface area (Å²) in [7, 11) is 0. The van der Waals surface area contributed by atoms with Crippen molar-refractivity contribution in [2.45, 2.75) is 19.8 Å². The maximum absolute atomic E-state index is 8.93. The molecule has 74 valence electrons. The fourth-order valence-electron chi connectivity index (χ4n) is 1.25. The first kappa shape index (κ1) is 10.7. The first-order valence-electron chi connectivity index (χ1n) is 4.62. The lowest BCUT2D eigenvalue weighted by molar-refractivity contribution is 0.223. The number of nitrogens with two attached hydrogens (primary N) is 1. The molecule has 3 heteroatoms. The molecule has 13 heavy (non-hydrogen) atoms. The van der Waals surface area contributed by atoms with Gasteiger partial charge in [0.05, 0.1) is 0 Å². The molecule has 0 fully saturated rings. The van der Waals surface area contributed by atoms with E-state index in [2.05, 4.69) is 19.1 Å². The molecule has 2 nitrogen and oxygen atoms in total. The summed E-state index contributed by atoms with van der Waals surface area (Å²) in [4.78, 5) is 2.74. The second-order valence-corrected chi connectivity index (χ2v) is 4.71. The van der Waals surface area contributed by atoms with Crippen LogP contribution in [0, 0.1) is 12.8 Å². The minimum Gasteiger partial charge on any atom is -0.396 e. The van der Waals surface area contributed by atoms with E-state index in [0.717, 1.165) is 12.8 Å². The number of aryl methyl sites for hydroxylation is 2. The molecule has 1 heterocycles. The van der Waals surface area contributed by atoms with Crippen molar-refractivity contribution in [3.8, 4) is 0 Å².